The average molecular weight is 251 g/mol. The van der Waals surface area contributed by atoms with Gasteiger partial charge in [0.15, 0.2) is 0 Å². The zero-order valence-electron chi connectivity index (χ0n) is 11.3. The maximum atomic E-state index is 12.5. The fourth-order valence-electron chi connectivity index (χ4n) is 4.17. The van der Waals surface area contributed by atoms with Gasteiger partial charge >= 0.3 is 0 Å². The van der Waals surface area contributed by atoms with E-state index < -0.39 is 0 Å². The average Bonchev–Trinajstić information content (AvgIpc) is 3.12. The van der Waals surface area contributed by atoms with Crippen LogP contribution in [0.2, 0.25) is 0 Å². The van der Waals surface area contributed by atoms with Gasteiger partial charge in [0.1, 0.15) is 0 Å². The van der Waals surface area contributed by atoms with Crippen LogP contribution in [0.4, 0.5) is 0 Å². The number of amides is 1. The molecule has 0 spiro atoms. The standard InChI is InChI=1S/C15H25NO2/c1-10(17)11-5-4-8-16(9-11)15(18)14-12-6-2-3-7-13(12)14/h10-14,17H,2-9H2,1H3. The van der Waals surface area contributed by atoms with E-state index >= 15 is 0 Å². The van der Waals surface area contributed by atoms with E-state index in [-0.39, 0.29) is 6.10 Å². The normalized spacial score (nSPS) is 41.1. The summed E-state index contributed by atoms with van der Waals surface area (Å²) < 4.78 is 0. The third kappa shape index (κ3) is 2.18. The molecule has 1 amide bonds. The van der Waals surface area contributed by atoms with E-state index in [4.69, 9.17) is 0 Å². The van der Waals surface area contributed by atoms with Gasteiger partial charge < -0.3 is 10.0 Å². The van der Waals surface area contributed by atoms with Crippen molar-refractivity contribution in [1.82, 2.24) is 4.90 Å². The van der Waals surface area contributed by atoms with Crippen LogP contribution >= 0.6 is 0 Å². The molecule has 0 bridgehead atoms. The minimum atomic E-state index is -0.276. The van der Waals surface area contributed by atoms with Crippen molar-refractivity contribution < 1.29 is 9.90 Å². The van der Waals surface area contributed by atoms with Gasteiger partial charge in [-0.25, -0.2) is 0 Å². The molecule has 2 saturated carbocycles. The molecular weight excluding hydrogens is 226 g/mol. The first-order valence-electron chi connectivity index (χ1n) is 7.65. The minimum Gasteiger partial charge on any atom is -0.393 e. The molecule has 4 atom stereocenters. The molecule has 3 fully saturated rings. The summed E-state index contributed by atoms with van der Waals surface area (Å²) in [5.41, 5.74) is 0. The smallest absolute Gasteiger partial charge is 0.226 e. The van der Waals surface area contributed by atoms with Gasteiger partial charge in [0, 0.05) is 24.9 Å². The summed E-state index contributed by atoms with van der Waals surface area (Å²) in [7, 11) is 0. The Balaban J connectivity index is 1.59. The number of piperidine rings is 1. The van der Waals surface area contributed by atoms with Crippen molar-refractivity contribution in [2.75, 3.05) is 13.1 Å². The molecule has 1 saturated heterocycles. The van der Waals surface area contributed by atoms with Crippen LogP contribution in [0.3, 0.4) is 0 Å². The van der Waals surface area contributed by atoms with Crippen LogP contribution in [0, 0.1) is 23.7 Å². The number of fused-ring (bicyclic) bond motifs is 1. The monoisotopic (exact) mass is 251 g/mol. The van der Waals surface area contributed by atoms with Crippen molar-refractivity contribution in [2.45, 2.75) is 51.6 Å². The van der Waals surface area contributed by atoms with Gasteiger partial charge in [-0.15, -0.1) is 0 Å². The van der Waals surface area contributed by atoms with E-state index in [2.05, 4.69) is 0 Å². The second kappa shape index (κ2) is 4.84. The van der Waals surface area contributed by atoms with Crippen molar-refractivity contribution in [3.05, 3.63) is 0 Å². The van der Waals surface area contributed by atoms with Crippen LogP contribution in [0.25, 0.3) is 0 Å². The maximum absolute atomic E-state index is 12.5. The van der Waals surface area contributed by atoms with E-state index in [0.717, 1.165) is 25.9 Å². The van der Waals surface area contributed by atoms with Crippen molar-refractivity contribution in [2.24, 2.45) is 23.7 Å². The summed E-state index contributed by atoms with van der Waals surface area (Å²) in [5.74, 6) is 2.46. The highest BCUT2D eigenvalue weighted by molar-refractivity contribution is 5.82. The summed E-state index contributed by atoms with van der Waals surface area (Å²) in [6.45, 7) is 3.56. The van der Waals surface area contributed by atoms with Crippen molar-refractivity contribution in [1.29, 1.82) is 0 Å². The Morgan fingerprint density at radius 2 is 1.83 bits per heavy atom. The largest absolute Gasteiger partial charge is 0.393 e. The van der Waals surface area contributed by atoms with Crippen LogP contribution in [0.5, 0.6) is 0 Å². The molecule has 3 heteroatoms. The van der Waals surface area contributed by atoms with E-state index in [0.29, 0.717) is 29.6 Å². The molecule has 3 rings (SSSR count). The first-order valence-corrected chi connectivity index (χ1v) is 7.65. The van der Waals surface area contributed by atoms with Gasteiger partial charge in [-0.05, 0) is 44.4 Å². The Bertz CT molecular complexity index is 316. The molecule has 1 aliphatic heterocycles. The molecule has 4 unspecified atom stereocenters. The molecule has 0 radical (unpaired) electrons. The van der Waals surface area contributed by atoms with Gasteiger partial charge in [-0.2, -0.15) is 0 Å². The predicted molar refractivity (Wildman–Crippen MR) is 69.9 cm³/mol. The number of nitrogens with zero attached hydrogens (tertiary/aromatic N) is 1. The molecule has 1 N–H and O–H groups in total. The topological polar surface area (TPSA) is 40.5 Å². The van der Waals surface area contributed by atoms with Crippen molar-refractivity contribution in [3.8, 4) is 0 Å². The summed E-state index contributed by atoms with van der Waals surface area (Å²) in [5, 5.41) is 9.70. The van der Waals surface area contributed by atoms with Crippen molar-refractivity contribution in [3.63, 3.8) is 0 Å². The lowest BCUT2D eigenvalue weighted by molar-refractivity contribution is -0.135. The number of carbonyl (C=O) groups excluding carboxylic acids is 1. The molecule has 0 aromatic heterocycles. The number of carbonyl (C=O) groups is 1. The number of hydrogen-bond donors (Lipinski definition) is 1. The fourth-order valence-corrected chi connectivity index (χ4v) is 4.17. The van der Waals surface area contributed by atoms with Gasteiger partial charge in [0.2, 0.25) is 5.91 Å². The Morgan fingerprint density at radius 3 is 2.44 bits per heavy atom. The third-order valence-electron chi connectivity index (χ3n) is 5.39. The Hall–Kier alpha value is -0.570. The van der Waals surface area contributed by atoms with Gasteiger partial charge in [-0.1, -0.05) is 12.8 Å². The zero-order chi connectivity index (χ0) is 12.7. The van der Waals surface area contributed by atoms with Gasteiger partial charge in [-0.3, -0.25) is 4.79 Å². The van der Waals surface area contributed by atoms with E-state index in [1.807, 2.05) is 11.8 Å². The first kappa shape index (κ1) is 12.5. The highest BCUT2D eigenvalue weighted by Crippen LogP contribution is 2.56. The molecule has 2 aliphatic carbocycles. The van der Waals surface area contributed by atoms with Crippen LogP contribution in [-0.2, 0) is 4.79 Å². The molecule has 1 heterocycles. The van der Waals surface area contributed by atoms with E-state index in [1.54, 1.807) is 0 Å². The second-order valence-corrected chi connectivity index (χ2v) is 6.57. The van der Waals surface area contributed by atoms with E-state index in [1.165, 1.54) is 25.7 Å². The molecule has 0 aromatic carbocycles. The van der Waals surface area contributed by atoms with E-state index in [9.17, 15) is 9.90 Å². The highest BCUT2D eigenvalue weighted by atomic mass is 16.3. The lowest BCUT2D eigenvalue weighted by atomic mass is 9.93. The highest BCUT2D eigenvalue weighted by Gasteiger charge is 2.55. The van der Waals surface area contributed by atoms with Crippen LogP contribution in [-0.4, -0.2) is 35.1 Å². The van der Waals surface area contributed by atoms with Crippen LogP contribution in [0.15, 0.2) is 0 Å². The SMILES string of the molecule is CC(O)C1CCCN(C(=O)C2C3CCCCC32)C1. The summed E-state index contributed by atoms with van der Waals surface area (Å²) in [4.78, 5) is 14.6. The number of likely N-dealkylation sites (tertiary alicyclic amines) is 1. The molecule has 3 nitrogen and oxygen atoms in total. The fraction of sp³-hybridized carbons (Fsp3) is 0.933. The number of aliphatic hydroxyl groups is 1. The lowest BCUT2D eigenvalue weighted by Crippen LogP contribution is -2.44. The first-order chi connectivity index (χ1) is 8.68. The molecule has 0 aromatic rings. The third-order valence-corrected chi connectivity index (χ3v) is 5.39. The number of aliphatic hydroxyl groups excluding tert-OH is 1. The Morgan fingerprint density at radius 1 is 1.17 bits per heavy atom. The molecular formula is C15H25NO2. The summed E-state index contributed by atoms with van der Waals surface area (Å²) in [6, 6.07) is 0. The predicted octanol–water partition coefficient (Wildman–Crippen LogP) is 2.04. The van der Waals surface area contributed by atoms with Crippen molar-refractivity contribution >= 4 is 5.91 Å². The summed E-state index contributed by atoms with van der Waals surface area (Å²) in [6.07, 6.45) is 7.04. The second-order valence-electron chi connectivity index (χ2n) is 6.57. The van der Waals surface area contributed by atoms with Crippen LogP contribution in [0.1, 0.15) is 45.4 Å². The molecule has 3 aliphatic rings. The lowest BCUT2D eigenvalue weighted by Gasteiger charge is -2.34. The molecule has 18 heavy (non-hydrogen) atoms. The maximum Gasteiger partial charge on any atom is 0.226 e. The van der Waals surface area contributed by atoms with Gasteiger partial charge in [0.05, 0.1) is 6.10 Å². The quantitative estimate of drug-likeness (QED) is 0.816. The van der Waals surface area contributed by atoms with Gasteiger partial charge in [0.25, 0.3) is 0 Å². The Kier molecular flexibility index (Phi) is 3.35. The zero-order valence-corrected chi connectivity index (χ0v) is 11.3. The molecule has 102 valence electrons. The summed E-state index contributed by atoms with van der Waals surface area (Å²) >= 11 is 0. The van der Waals surface area contributed by atoms with Crippen LogP contribution < -0.4 is 0 Å². The number of rotatable bonds is 2. The minimum absolute atomic E-state index is 0.276. The number of hydrogen-bond acceptors (Lipinski definition) is 2. The Labute approximate surface area is 110 Å².